The molecule has 4 nitrogen and oxygen atoms in total. The van der Waals surface area contributed by atoms with E-state index >= 15 is 0 Å². The second kappa shape index (κ2) is 4.96. The van der Waals surface area contributed by atoms with Crippen LogP contribution in [-0.4, -0.2) is 24.0 Å². The van der Waals surface area contributed by atoms with E-state index in [-0.39, 0.29) is 11.9 Å². The minimum absolute atomic E-state index is 0.0290. The molecule has 1 atom stereocenters. The van der Waals surface area contributed by atoms with E-state index in [9.17, 15) is 4.79 Å². The first kappa shape index (κ1) is 12.7. The Morgan fingerprint density at radius 2 is 2.15 bits per heavy atom. The Bertz CT molecular complexity index is 654. The third-order valence-electron chi connectivity index (χ3n) is 3.69. The number of hydrogen-bond acceptors (Lipinski definition) is 3. The molecule has 2 heterocycles. The first-order valence-electron chi connectivity index (χ1n) is 6.76. The fraction of sp³-hybridized carbons (Fsp3) is 0.250. The predicted molar refractivity (Wildman–Crippen MR) is 80.2 cm³/mol. The van der Waals surface area contributed by atoms with Crippen molar-refractivity contribution >= 4 is 17.4 Å². The molecule has 0 aliphatic carbocycles. The number of fused-ring (bicyclic) bond motifs is 1. The van der Waals surface area contributed by atoms with Gasteiger partial charge in [0.2, 0.25) is 0 Å². The molecule has 2 aromatic rings. The lowest BCUT2D eigenvalue weighted by molar-refractivity contribution is 0.0981. The van der Waals surface area contributed by atoms with Crippen LogP contribution in [0, 0.1) is 0 Å². The summed E-state index contributed by atoms with van der Waals surface area (Å²) in [4.78, 5) is 18.8. The normalized spacial score (nSPS) is 16.9. The Balaban J connectivity index is 1.98. The lowest BCUT2D eigenvalue weighted by atomic mass is 10.1. The van der Waals surface area contributed by atoms with Gasteiger partial charge >= 0.3 is 0 Å². The highest BCUT2D eigenvalue weighted by molar-refractivity contribution is 6.08. The van der Waals surface area contributed by atoms with Crippen molar-refractivity contribution in [2.45, 2.75) is 19.4 Å². The number of nitrogens with zero attached hydrogens (tertiary/aromatic N) is 2. The van der Waals surface area contributed by atoms with Crippen LogP contribution in [0.25, 0.3) is 0 Å². The number of carbonyl (C=O) groups excluding carboxylic acids is 1. The number of nitrogens with one attached hydrogen (secondary N) is 1. The van der Waals surface area contributed by atoms with E-state index in [1.54, 1.807) is 25.4 Å². The molecule has 0 fully saturated rings. The van der Waals surface area contributed by atoms with Crippen LogP contribution >= 0.6 is 0 Å². The summed E-state index contributed by atoms with van der Waals surface area (Å²) < 4.78 is 0. The highest BCUT2D eigenvalue weighted by Crippen LogP contribution is 2.33. The van der Waals surface area contributed by atoms with Crippen LogP contribution in [0.3, 0.4) is 0 Å². The Kier molecular flexibility index (Phi) is 3.14. The van der Waals surface area contributed by atoms with Crippen LogP contribution in [-0.2, 0) is 6.42 Å². The first-order valence-corrected chi connectivity index (χ1v) is 6.76. The van der Waals surface area contributed by atoms with Crippen LogP contribution in [0.15, 0.2) is 42.6 Å². The van der Waals surface area contributed by atoms with Gasteiger partial charge in [0.05, 0.1) is 0 Å². The SMILES string of the molecule is CNc1cc(C(=O)N2c3ccccc3CC2C)ccn1. The van der Waals surface area contributed by atoms with Crippen LogP contribution in [0.2, 0.25) is 0 Å². The quantitative estimate of drug-likeness (QED) is 0.910. The molecular weight excluding hydrogens is 250 g/mol. The maximum Gasteiger partial charge on any atom is 0.258 e. The molecule has 1 unspecified atom stereocenters. The van der Waals surface area contributed by atoms with Crippen LogP contribution < -0.4 is 10.2 Å². The largest absolute Gasteiger partial charge is 0.373 e. The lowest BCUT2D eigenvalue weighted by Gasteiger charge is -2.23. The van der Waals surface area contributed by atoms with E-state index in [1.807, 2.05) is 23.1 Å². The number of benzene rings is 1. The van der Waals surface area contributed by atoms with E-state index in [0.717, 1.165) is 12.1 Å². The Morgan fingerprint density at radius 3 is 2.95 bits per heavy atom. The van der Waals surface area contributed by atoms with Crippen LogP contribution in [0.4, 0.5) is 11.5 Å². The van der Waals surface area contributed by atoms with E-state index in [4.69, 9.17) is 0 Å². The molecule has 3 rings (SSSR count). The summed E-state index contributed by atoms with van der Waals surface area (Å²) in [7, 11) is 1.80. The first-order chi connectivity index (χ1) is 9.70. The zero-order valence-corrected chi connectivity index (χ0v) is 11.6. The molecule has 0 radical (unpaired) electrons. The number of pyridine rings is 1. The van der Waals surface area contributed by atoms with Crippen molar-refractivity contribution in [1.82, 2.24) is 4.98 Å². The van der Waals surface area contributed by atoms with Crippen molar-refractivity contribution < 1.29 is 4.79 Å². The monoisotopic (exact) mass is 267 g/mol. The highest BCUT2D eigenvalue weighted by atomic mass is 16.2. The molecule has 0 saturated carbocycles. The fourth-order valence-electron chi connectivity index (χ4n) is 2.71. The summed E-state index contributed by atoms with van der Waals surface area (Å²) in [5, 5.41) is 2.96. The standard InChI is InChI=1S/C16H17N3O/c1-11-9-12-5-3-4-6-14(12)19(11)16(20)13-7-8-18-15(10-13)17-2/h3-8,10-11H,9H2,1-2H3,(H,17,18). The Labute approximate surface area is 118 Å². The summed E-state index contributed by atoms with van der Waals surface area (Å²) in [5.74, 6) is 0.734. The van der Waals surface area contributed by atoms with E-state index in [2.05, 4.69) is 23.3 Å². The molecule has 4 heteroatoms. The van der Waals surface area contributed by atoms with E-state index in [0.29, 0.717) is 11.4 Å². The van der Waals surface area contributed by atoms with Gasteiger partial charge in [-0.25, -0.2) is 4.98 Å². The van der Waals surface area contributed by atoms with Gasteiger partial charge in [0, 0.05) is 30.5 Å². The summed E-state index contributed by atoms with van der Waals surface area (Å²) in [6.07, 6.45) is 2.57. The van der Waals surface area contributed by atoms with Gasteiger partial charge in [-0.15, -0.1) is 0 Å². The van der Waals surface area contributed by atoms with Gasteiger partial charge in [-0.05, 0) is 37.1 Å². The maximum atomic E-state index is 12.8. The lowest BCUT2D eigenvalue weighted by Crippen LogP contribution is -2.35. The van der Waals surface area contributed by atoms with Crippen LogP contribution in [0.5, 0.6) is 0 Å². The number of hydrogen-bond donors (Lipinski definition) is 1. The smallest absolute Gasteiger partial charge is 0.258 e. The molecule has 1 aromatic carbocycles. The molecule has 0 saturated heterocycles. The molecule has 102 valence electrons. The summed E-state index contributed by atoms with van der Waals surface area (Å²) in [6, 6.07) is 11.8. The van der Waals surface area contributed by atoms with Gasteiger partial charge in [0.15, 0.2) is 0 Å². The molecular formula is C16H17N3O. The minimum Gasteiger partial charge on any atom is -0.373 e. The average Bonchev–Trinajstić information content (AvgIpc) is 2.82. The van der Waals surface area contributed by atoms with Gasteiger partial charge in [0.25, 0.3) is 5.91 Å². The summed E-state index contributed by atoms with van der Waals surface area (Å²) in [6.45, 7) is 2.08. The number of aromatic nitrogens is 1. The zero-order chi connectivity index (χ0) is 14.1. The number of rotatable bonds is 2. The van der Waals surface area contributed by atoms with Crippen molar-refractivity contribution in [2.75, 3.05) is 17.3 Å². The summed E-state index contributed by atoms with van der Waals surface area (Å²) in [5.41, 5.74) is 2.91. The molecule has 1 aliphatic heterocycles. The summed E-state index contributed by atoms with van der Waals surface area (Å²) >= 11 is 0. The second-order valence-corrected chi connectivity index (χ2v) is 5.04. The molecule has 1 aromatic heterocycles. The predicted octanol–water partition coefficient (Wildman–Crippen LogP) is 2.71. The number of anilines is 2. The Morgan fingerprint density at radius 1 is 1.35 bits per heavy atom. The topological polar surface area (TPSA) is 45.2 Å². The van der Waals surface area contributed by atoms with Crippen molar-refractivity contribution in [3.05, 3.63) is 53.7 Å². The van der Waals surface area contributed by atoms with Crippen molar-refractivity contribution in [3.8, 4) is 0 Å². The average molecular weight is 267 g/mol. The van der Waals surface area contributed by atoms with Gasteiger partial charge in [0.1, 0.15) is 5.82 Å². The minimum atomic E-state index is 0.0290. The molecule has 1 aliphatic rings. The van der Waals surface area contributed by atoms with Gasteiger partial charge in [-0.3, -0.25) is 4.79 Å². The zero-order valence-electron chi connectivity index (χ0n) is 11.6. The molecule has 1 amide bonds. The van der Waals surface area contributed by atoms with Gasteiger partial charge < -0.3 is 10.2 Å². The second-order valence-electron chi connectivity index (χ2n) is 5.04. The van der Waals surface area contributed by atoms with Crippen LogP contribution in [0.1, 0.15) is 22.8 Å². The van der Waals surface area contributed by atoms with Crippen molar-refractivity contribution in [1.29, 1.82) is 0 Å². The third-order valence-corrected chi connectivity index (χ3v) is 3.69. The Hall–Kier alpha value is -2.36. The highest BCUT2D eigenvalue weighted by Gasteiger charge is 2.31. The van der Waals surface area contributed by atoms with E-state index < -0.39 is 0 Å². The third kappa shape index (κ3) is 2.03. The molecule has 20 heavy (non-hydrogen) atoms. The van der Waals surface area contributed by atoms with Crippen molar-refractivity contribution in [3.63, 3.8) is 0 Å². The van der Waals surface area contributed by atoms with E-state index in [1.165, 1.54) is 5.56 Å². The van der Waals surface area contributed by atoms with Gasteiger partial charge in [-0.1, -0.05) is 18.2 Å². The number of amides is 1. The van der Waals surface area contributed by atoms with Crippen molar-refractivity contribution in [2.24, 2.45) is 0 Å². The molecule has 0 bridgehead atoms. The molecule has 0 spiro atoms. The van der Waals surface area contributed by atoms with Gasteiger partial charge in [-0.2, -0.15) is 0 Å². The maximum absolute atomic E-state index is 12.8. The number of para-hydroxylation sites is 1. The fourth-order valence-corrected chi connectivity index (χ4v) is 2.71. The molecule has 1 N–H and O–H groups in total. The number of carbonyl (C=O) groups is 1.